The predicted molar refractivity (Wildman–Crippen MR) is 64.7 cm³/mol. The lowest BCUT2D eigenvalue weighted by atomic mass is 10.1. The predicted octanol–water partition coefficient (Wildman–Crippen LogP) is 2.12. The number of rotatable bonds is 1. The summed E-state index contributed by atoms with van der Waals surface area (Å²) in [6, 6.07) is 10.2. The van der Waals surface area contributed by atoms with E-state index in [2.05, 4.69) is 11.1 Å². The highest BCUT2D eigenvalue weighted by Gasteiger charge is 2.29. The fourth-order valence-corrected chi connectivity index (χ4v) is 2.46. The van der Waals surface area contributed by atoms with Crippen molar-refractivity contribution >= 4 is 16.9 Å². The Balaban J connectivity index is 2.02. The first-order chi connectivity index (χ1) is 8.28. The second-order valence-corrected chi connectivity index (χ2v) is 4.42. The number of aromatic nitrogens is 1. The molecule has 0 spiro atoms. The first-order valence-electron chi connectivity index (χ1n) is 5.73. The number of carbonyl (C=O) groups is 1. The molecule has 0 fully saturated rings. The Hall–Kier alpha value is -1.90. The molecule has 1 unspecified atom stereocenters. The number of pyridine rings is 1. The van der Waals surface area contributed by atoms with E-state index < -0.39 is 0 Å². The van der Waals surface area contributed by atoms with Crippen molar-refractivity contribution in [3.8, 4) is 0 Å². The van der Waals surface area contributed by atoms with Gasteiger partial charge in [-0.2, -0.15) is 0 Å². The maximum atomic E-state index is 11.5. The molecule has 1 aliphatic carbocycles. The molecule has 3 nitrogen and oxygen atoms in total. The van der Waals surface area contributed by atoms with Gasteiger partial charge in [0.1, 0.15) is 0 Å². The Morgan fingerprint density at radius 3 is 3.00 bits per heavy atom. The molecule has 1 atom stereocenters. The van der Waals surface area contributed by atoms with Crippen molar-refractivity contribution < 1.29 is 9.53 Å². The van der Waals surface area contributed by atoms with E-state index in [0.717, 1.165) is 23.0 Å². The number of hydrogen-bond acceptors (Lipinski definition) is 3. The van der Waals surface area contributed by atoms with Gasteiger partial charge in [-0.15, -0.1) is 0 Å². The van der Waals surface area contributed by atoms with Crippen molar-refractivity contribution in [1.29, 1.82) is 0 Å². The molecule has 0 saturated carbocycles. The summed E-state index contributed by atoms with van der Waals surface area (Å²) in [5, 5.41) is 1.14. The summed E-state index contributed by atoms with van der Waals surface area (Å²) in [7, 11) is 1.44. The van der Waals surface area contributed by atoms with Crippen LogP contribution in [0, 0.1) is 5.92 Å². The normalized spacial score (nSPS) is 18.1. The second kappa shape index (κ2) is 3.84. The molecule has 1 aromatic heterocycles. The molecule has 3 rings (SSSR count). The van der Waals surface area contributed by atoms with Crippen LogP contribution in [0.1, 0.15) is 11.3 Å². The van der Waals surface area contributed by atoms with Crippen LogP contribution in [-0.4, -0.2) is 18.1 Å². The summed E-state index contributed by atoms with van der Waals surface area (Å²) in [4.78, 5) is 16.1. The number of fused-ring (bicyclic) bond motifs is 2. The van der Waals surface area contributed by atoms with Crippen LogP contribution in [0.3, 0.4) is 0 Å². The van der Waals surface area contributed by atoms with E-state index in [4.69, 9.17) is 4.74 Å². The lowest BCUT2D eigenvalue weighted by Gasteiger charge is -2.03. The molecule has 1 aliphatic rings. The van der Waals surface area contributed by atoms with Crippen LogP contribution in [0.4, 0.5) is 0 Å². The molecular weight excluding hydrogens is 214 g/mol. The Kier molecular flexibility index (Phi) is 2.32. The minimum absolute atomic E-state index is 0.0562. The Labute approximate surface area is 99.4 Å². The molecular formula is C14H13NO2. The average molecular weight is 227 g/mol. The topological polar surface area (TPSA) is 39.2 Å². The van der Waals surface area contributed by atoms with Gasteiger partial charge in [-0.1, -0.05) is 18.2 Å². The second-order valence-electron chi connectivity index (χ2n) is 4.42. The highest BCUT2D eigenvalue weighted by Crippen LogP contribution is 2.28. The van der Waals surface area contributed by atoms with Crippen molar-refractivity contribution in [2.45, 2.75) is 12.8 Å². The number of para-hydroxylation sites is 1. The van der Waals surface area contributed by atoms with Gasteiger partial charge in [-0.05, 0) is 24.1 Å². The molecule has 0 bridgehead atoms. The minimum Gasteiger partial charge on any atom is -0.469 e. The lowest BCUT2D eigenvalue weighted by Crippen LogP contribution is -2.16. The first-order valence-corrected chi connectivity index (χ1v) is 5.73. The molecule has 86 valence electrons. The Morgan fingerprint density at radius 1 is 1.35 bits per heavy atom. The molecule has 0 aliphatic heterocycles. The van der Waals surface area contributed by atoms with Gasteiger partial charge in [-0.3, -0.25) is 9.78 Å². The van der Waals surface area contributed by atoms with Crippen molar-refractivity contribution in [2.75, 3.05) is 7.11 Å². The third kappa shape index (κ3) is 1.68. The van der Waals surface area contributed by atoms with E-state index in [1.54, 1.807) is 0 Å². The van der Waals surface area contributed by atoms with Crippen LogP contribution in [0.2, 0.25) is 0 Å². The van der Waals surface area contributed by atoms with Crippen LogP contribution in [0.5, 0.6) is 0 Å². The number of hydrogen-bond donors (Lipinski definition) is 0. The molecule has 1 heterocycles. The monoisotopic (exact) mass is 227 g/mol. The quantitative estimate of drug-likeness (QED) is 0.700. The van der Waals surface area contributed by atoms with Gasteiger partial charge < -0.3 is 4.74 Å². The summed E-state index contributed by atoms with van der Waals surface area (Å²) in [6.07, 6.45) is 1.45. The van der Waals surface area contributed by atoms with Gasteiger partial charge in [0.05, 0.1) is 18.5 Å². The summed E-state index contributed by atoms with van der Waals surface area (Å²) < 4.78 is 4.80. The highest BCUT2D eigenvalue weighted by atomic mass is 16.5. The highest BCUT2D eigenvalue weighted by molar-refractivity contribution is 5.81. The fraction of sp³-hybridized carbons (Fsp3) is 0.286. The van der Waals surface area contributed by atoms with Gasteiger partial charge in [0.25, 0.3) is 0 Å². The number of carbonyl (C=O) groups excluding carboxylic acids is 1. The summed E-state index contributed by atoms with van der Waals surface area (Å²) in [5.74, 6) is -0.189. The standard InChI is InChI=1S/C14H13NO2/c1-17-14(16)11-7-10-6-9-4-2-3-5-12(9)15-13(10)8-11/h2-6,11H,7-8H2,1H3. The molecule has 0 amide bonds. The third-order valence-electron chi connectivity index (χ3n) is 3.33. The Morgan fingerprint density at radius 2 is 2.18 bits per heavy atom. The third-order valence-corrected chi connectivity index (χ3v) is 3.33. The molecule has 0 N–H and O–H groups in total. The van der Waals surface area contributed by atoms with Crippen LogP contribution in [0.15, 0.2) is 30.3 Å². The molecule has 3 heteroatoms. The van der Waals surface area contributed by atoms with Crippen molar-refractivity contribution in [3.05, 3.63) is 41.6 Å². The maximum absolute atomic E-state index is 11.5. The van der Waals surface area contributed by atoms with E-state index in [0.29, 0.717) is 6.42 Å². The molecule has 2 aromatic rings. The summed E-state index contributed by atoms with van der Waals surface area (Å²) in [5.41, 5.74) is 3.22. The SMILES string of the molecule is COC(=O)C1Cc2cc3ccccc3nc2C1. The van der Waals surface area contributed by atoms with Gasteiger partial charge in [-0.25, -0.2) is 0 Å². The van der Waals surface area contributed by atoms with Gasteiger partial charge in [0.2, 0.25) is 0 Å². The van der Waals surface area contributed by atoms with E-state index in [-0.39, 0.29) is 11.9 Å². The van der Waals surface area contributed by atoms with E-state index >= 15 is 0 Å². The van der Waals surface area contributed by atoms with Crippen LogP contribution < -0.4 is 0 Å². The average Bonchev–Trinajstić information content (AvgIpc) is 2.77. The Bertz CT molecular complexity index is 547. The molecule has 0 saturated heterocycles. The number of ether oxygens (including phenoxy) is 1. The number of nitrogens with zero attached hydrogens (tertiary/aromatic N) is 1. The number of methoxy groups -OCH3 is 1. The van der Waals surface area contributed by atoms with E-state index in [1.165, 1.54) is 12.7 Å². The summed E-state index contributed by atoms with van der Waals surface area (Å²) in [6.45, 7) is 0. The molecule has 17 heavy (non-hydrogen) atoms. The molecule has 0 radical (unpaired) electrons. The van der Waals surface area contributed by atoms with Gasteiger partial charge in [0, 0.05) is 17.5 Å². The van der Waals surface area contributed by atoms with E-state index in [1.807, 2.05) is 24.3 Å². The smallest absolute Gasteiger partial charge is 0.309 e. The zero-order valence-corrected chi connectivity index (χ0v) is 9.64. The van der Waals surface area contributed by atoms with Crippen molar-refractivity contribution in [3.63, 3.8) is 0 Å². The van der Waals surface area contributed by atoms with Crippen LogP contribution in [-0.2, 0) is 22.4 Å². The first kappa shape index (κ1) is 10.3. The van der Waals surface area contributed by atoms with Crippen molar-refractivity contribution in [1.82, 2.24) is 4.98 Å². The van der Waals surface area contributed by atoms with Gasteiger partial charge in [0.15, 0.2) is 0 Å². The van der Waals surface area contributed by atoms with Crippen molar-refractivity contribution in [2.24, 2.45) is 5.92 Å². The lowest BCUT2D eigenvalue weighted by molar-refractivity contribution is -0.145. The van der Waals surface area contributed by atoms with Gasteiger partial charge >= 0.3 is 5.97 Å². The maximum Gasteiger partial charge on any atom is 0.309 e. The zero-order valence-electron chi connectivity index (χ0n) is 9.64. The summed E-state index contributed by atoms with van der Waals surface area (Å²) >= 11 is 0. The molecule has 1 aromatic carbocycles. The largest absolute Gasteiger partial charge is 0.469 e. The number of benzene rings is 1. The van der Waals surface area contributed by atoms with Crippen LogP contribution >= 0.6 is 0 Å². The van der Waals surface area contributed by atoms with E-state index in [9.17, 15) is 4.79 Å². The van der Waals surface area contributed by atoms with Crippen LogP contribution in [0.25, 0.3) is 10.9 Å². The zero-order chi connectivity index (χ0) is 11.8. The fourth-order valence-electron chi connectivity index (χ4n) is 2.46. The number of esters is 1. The minimum atomic E-state index is -0.132.